The molecule has 1 fully saturated rings. The van der Waals surface area contributed by atoms with Crippen molar-refractivity contribution < 1.29 is 18.7 Å². The van der Waals surface area contributed by atoms with Crippen molar-refractivity contribution in [1.82, 2.24) is 4.90 Å². The van der Waals surface area contributed by atoms with Gasteiger partial charge >= 0.3 is 5.97 Å². The number of carboxylic acid groups (broad SMARTS) is 1. The van der Waals surface area contributed by atoms with Gasteiger partial charge in [-0.3, -0.25) is 9.69 Å². The van der Waals surface area contributed by atoms with E-state index in [9.17, 15) is 13.6 Å². The highest BCUT2D eigenvalue weighted by Gasteiger charge is 2.25. The van der Waals surface area contributed by atoms with Crippen LogP contribution in [0.25, 0.3) is 0 Å². The second-order valence-electron chi connectivity index (χ2n) is 5.43. The fraction of sp³-hybridized carbons (Fsp3) is 0.533. The molecule has 5 heteroatoms. The number of piperidine rings is 1. The number of rotatable bonds is 4. The van der Waals surface area contributed by atoms with Crippen LogP contribution in [0.2, 0.25) is 0 Å². The predicted octanol–water partition coefficient (Wildman–Crippen LogP) is 3.21. The van der Waals surface area contributed by atoms with E-state index in [1.54, 1.807) is 6.07 Å². The molecule has 1 N–H and O–H groups in total. The molecule has 1 heterocycles. The molecule has 0 amide bonds. The first kappa shape index (κ1) is 14.9. The Kier molecular flexibility index (Phi) is 4.70. The Morgan fingerprint density at radius 1 is 1.35 bits per heavy atom. The molecule has 1 aromatic carbocycles. The van der Waals surface area contributed by atoms with Gasteiger partial charge in [0.15, 0.2) is 11.6 Å². The topological polar surface area (TPSA) is 40.5 Å². The molecule has 0 spiro atoms. The highest BCUT2D eigenvalue weighted by molar-refractivity contribution is 5.67. The average molecular weight is 283 g/mol. The van der Waals surface area contributed by atoms with Gasteiger partial charge in [-0.2, -0.15) is 0 Å². The quantitative estimate of drug-likeness (QED) is 0.922. The normalized spacial score (nSPS) is 18.9. The predicted molar refractivity (Wildman–Crippen MR) is 71.3 cm³/mol. The third-order valence-corrected chi connectivity index (χ3v) is 4.09. The van der Waals surface area contributed by atoms with Gasteiger partial charge in [-0.1, -0.05) is 6.07 Å². The van der Waals surface area contributed by atoms with Gasteiger partial charge in [0.05, 0.1) is 0 Å². The largest absolute Gasteiger partial charge is 0.481 e. The molecule has 1 unspecified atom stereocenters. The first-order valence-corrected chi connectivity index (χ1v) is 6.88. The Hall–Kier alpha value is -1.49. The summed E-state index contributed by atoms with van der Waals surface area (Å²) in [7, 11) is 0. The fourth-order valence-corrected chi connectivity index (χ4v) is 2.77. The first-order chi connectivity index (χ1) is 9.47. The molecule has 0 bridgehead atoms. The number of likely N-dealkylation sites (tertiary alicyclic amines) is 1. The van der Waals surface area contributed by atoms with Crippen LogP contribution in [0.4, 0.5) is 8.78 Å². The van der Waals surface area contributed by atoms with Crippen LogP contribution in [0.1, 0.15) is 37.8 Å². The lowest BCUT2D eigenvalue weighted by atomic mass is 9.92. The van der Waals surface area contributed by atoms with Gasteiger partial charge in [0.25, 0.3) is 0 Å². The summed E-state index contributed by atoms with van der Waals surface area (Å²) >= 11 is 0. The van der Waals surface area contributed by atoms with E-state index in [0.29, 0.717) is 0 Å². The van der Waals surface area contributed by atoms with E-state index in [1.165, 1.54) is 6.07 Å². The maximum absolute atomic E-state index is 13.3. The van der Waals surface area contributed by atoms with E-state index in [-0.39, 0.29) is 18.4 Å². The van der Waals surface area contributed by atoms with Crippen LogP contribution in [0, 0.1) is 17.6 Å². The SMILES string of the molecule is CC(c1ccc(F)c(F)c1)N1CCC(CC(=O)O)CC1. The van der Waals surface area contributed by atoms with E-state index < -0.39 is 17.6 Å². The minimum absolute atomic E-state index is 0.0101. The van der Waals surface area contributed by atoms with Crippen molar-refractivity contribution in [1.29, 1.82) is 0 Å². The van der Waals surface area contributed by atoms with E-state index in [4.69, 9.17) is 5.11 Å². The lowest BCUT2D eigenvalue weighted by Crippen LogP contribution is -2.36. The Morgan fingerprint density at radius 3 is 2.55 bits per heavy atom. The van der Waals surface area contributed by atoms with Crippen molar-refractivity contribution in [3.8, 4) is 0 Å². The molecule has 110 valence electrons. The van der Waals surface area contributed by atoms with Crippen LogP contribution in [0.15, 0.2) is 18.2 Å². The summed E-state index contributed by atoms with van der Waals surface area (Å²) in [6.07, 6.45) is 1.88. The molecule has 20 heavy (non-hydrogen) atoms. The summed E-state index contributed by atoms with van der Waals surface area (Å²) in [5, 5.41) is 8.78. The van der Waals surface area contributed by atoms with Gasteiger partial charge in [-0.15, -0.1) is 0 Å². The molecule has 1 aliphatic rings. The van der Waals surface area contributed by atoms with Crippen LogP contribution in [0.3, 0.4) is 0 Å². The summed E-state index contributed by atoms with van der Waals surface area (Å²) in [5.41, 5.74) is 0.751. The average Bonchev–Trinajstić information content (AvgIpc) is 2.41. The minimum Gasteiger partial charge on any atom is -0.481 e. The zero-order valence-electron chi connectivity index (χ0n) is 11.5. The van der Waals surface area contributed by atoms with Gasteiger partial charge in [0.2, 0.25) is 0 Å². The number of hydrogen-bond acceptors (Lipinski definition) is 2. The molecule has 1 atom stereocenters. The van der Waals surface area contributed by atoms with Crippen molar-refractivity contribution in [2.75, 3.05) is 13.1 Å². The van der Waals surface area contributed by atoms with Gasteiger partial charge in [0, 0.05) is 12.5 Å². The number of halogens is 2. The van der Waals surface area contributed by atoms with Gasteiger partial charge in [-0.25, -0.2) is 8.78 Å². The van der Waals surface area contributed by atoms with Crippen molar-refractivity contribution in [3.05, 3.63) is 35.4 Å². The zero-order chi connectivity index (χ0) is 14.7. The zero-order valence-corrected chi connectivity index (χ0v) is 11.5. The standard InChI is InChI=1S/C15H19F2NO2/c1-10(12-2-3-13(16)14(17)9-12)18-6-4-11(5-7-18)8-15(19)20/h2-3,9-11H,4-8H2,1H3,(H,19,20). The van der Waals surface area contributed by atoms with E-state index in [1.807, 2.05) is 6.92 Å². The molecular weight excluding hydrogens is 264 g/mol. The fourth-order valence-electron chi connectivity index (χ4n) is 2.77. The number of aliphatic carboxylic acids is 1. The monoisotopic (exact) mass is 283 g/mol. The highest BCUT2D eigenvalue weighted by atomic mass is 19.2. The molecule has 0 aliphatic carbocycles. The van der Waals surface area contributed by atoms with Crippen molar-refractivity contribution >= 4 is 5.97 Å². The Bertz CT molecular complexity index is 485. The van der Waals surface area contributed by atoms with Crippen LogP contribution in [0.5, 0.6) is 0 Å². The molecule has 2 rings (SSSR count). The summed E-state index contributed by atoms with van der Waals surface area (Å²) in [5.74, 6) is -2.19. The molecular formula is C15H19F2NO2. The van der Waals surface area contributed by atoms with Crippen molar-refractivity contribution in [2.45, 2.75) is 32.2 Å². The van der Waals surface area contributed by atoms with Gasteiger partial charge in [-0.05, 0) is 56.5 Å². The number of carboxylic acids is 1. The number of benzene rings is 1. The number of hydrogen-bond donors (Lipinski definition) is 1. The second-order valence-corrected chi connectivity index (χ2v) is 5.43. The summed E-state index contributed by atoms with van der Waals surface area (Å²) < 4.78 is 26.2. The molecule has 1 saturated heterocycles. The van der Waals surface area contributed by atoms with Crippen LogP contribution >= 0.6 is 0 Å². The third kappa shape index (κ3) is 3.54. The Balaban J connectivity index is 1.95. The molecule has 0 saturated carbocycles. The number of carbonyl (C=O) groups is 1. The lowest BCUT2D eigenvalue weighted by Gasteiger charge is -2.35. The second kappa shape index (κ2) is 6.31. The molecule has 0 aromatic heterocycles. The molecule has 0 radical (unpaired) electrons. The van der Waals surface area contributed by atoms with Crippen LogP contribution in [-0.2, 0) is 4.79 Å². The third-order valence-electron chi connectivity index (χ3n) is 4.09. The molecule has 1 aromatic rings. The Morgan fingerprint density at radius 2 is 2.00 bits per heavy atom. The molecule has 3 nitrogen and oxygen atoms in total. The van der Waals surface area contributed by atoms with Crippen molar-refractivity contribution in [2.24, 2.45) is 5.92 Å². The first-order valence-electron chi connectivity index (χ1n) is 6.88. The summed E-state index contributed by atoms with van der Waals surface area (Å²) in [4.78, 5) is 12.9. The summed E-state index contributed by atoms with van der Waals surface area (Å²) in [6, 6.07) is 4.00. The van der Waals surface area contributed by atoms with E-state index >= 15 is 0 Å². The molecule has 1 aliphatic heterocycles. The highest BCUT2D eigenvalue weighted by Crippen LogP contribution is 2.28. The smallest absolute Gasteiger partial charge is 0.303 e. The van der Waals surface area contributed by atoms with E-state index in [0.717, 1.165) is 37.6 Å². The lowest BCUT2D eigenvalue weighted by molar-refractivity contribution is -0.138. The number of nitrogens with zero attached hydrogens (tertiary/aromatic N) is 1. The van der Waals surface area contributed by atoms with Crippen LogP contribution in [-0.4, -0.2) is 29.1 Å². The summed E-state index contributed by atoms with van der Waals surface area (Å²) in [6.45, 7) is 3.54. The van der Waals surface area contributed by atoms with Gasteiger partial charge in [0.1, 0.15) is 0 Å². The maximum Gasteiger partial charge on any atom is 0.303 e. The minimum atomic E-state index is -0.832. The Labute approximate surface area is 117 Å². The van der Waals surface area contributed by atoms with Gasteiger partial charge < -0.3 is 5.11 Å². The van der Waals surface area contributed by atoms with Crippen molar-refractivity contribution in [3.63, 3.8) is 0 Å². The van der Waals surface area contributed by atoms with E-state index in [2.05, 4.69) is 4.90 Å². The maximum atomic E-state index is 13.3. The van der Waals surface area contributed by atoms with Crippen LogP contribution < -0.4 is 0 Å².